The van der Waals surface area contributed by atoms with Crippen LogP contribution in [0.25, 0.3) is 0 Å². The van der Waals surface area contributed by atoms with Crippen molar-refractivity contribution in [3.8, 4) is 0 Å². The molecule has 1 aliphatic heterocycles. The van der Waals surface area contributed by atoms with Crippen molar-refractivity contribution in [2.75, 3.05) is 24.5 Å². The molecule has 14 heavy (non-hydrogen) atoms. The molecular formula is C10H14FN3. The maximum absolute atomic E-state index is 13.4. The molecule has 1 aromatic heterocycles. The third-order valence-electron chi connectivity index (χ3n) is 2.41. The van der Waals surface area contributed by atoms with Crippen molar-refractivity contribution in [3.05, 3.63) is 24.1 Å². The second-order valence-corrected chi connectivity index (χ2v) is 3.61. The maximum Gasteiger partial charge on any atom is 0.165 e. The Morgan fingerprint density at radius 1 is 1.64 bits per heavy atom. The summed E-state index contributed by atoms with van der Waals surface area (Å²) in [6.45, 7) is 4.61. The van der Waals surface area contributed by atoms with Crippen LogP contribution in [0.2, 0.25) is 0 Å². The van der Waals surface area contributed by atoms with Gasteiger partial charge in [-0.25, -0.2) is 9.37 Å². The number of anilines is 1. The molecule has 76 valence electrons. The molecule has 2 heterocycles. The van der Waals surface area contributed by atoms with Gasteiger partial charge in [-0.15, -0.1) is 0 Å². The molecule has 1 atom stereocenters. The van der Waals surface area contributed by atoms with Crippen molar-refractivity contribution in [1.29, 1.82) is 0 Å². The van der Waals surface area contributed by atoms with Crippen LogP contribution in [-0.4, -0.2) is 30.7 Å². The summed E-state index contributed by atoms with van der Waals surface area (Å²) in [5, 5.41) is 3.31. The second kappa shape index (κ2) is 3.92. The van der Waals surface area contributed by atoms with Crippen LogP contribution in [0.15, 0.2) is 18.3 Å². The lowest BCUT2D eigenvalue weighted by atomic mass is 10.2. The highest BCUT2D eigenvalue weighted by molar-refractivity contribution is 5.40. The first-order valence-corrected chi connectivity index (χ1v) is 4.86. The smallest absolute Gasteiger partial charge is 0.165 e. The van der Waals surface area contributed by atoms with E-state index in [-0.39, 0.29) is 5.82 Å². The van der Waals surface area contributed by atoms with Gasteiger partial charge in [0.05, 0.1) is 0 Å². The summed E-state index contributed by atoms with van der Waals surface area (Å²) < 4.78 is 13.4. The quantitative estimate of drug-likeness (QED) is 0.725. The average molecular weight is 195 g/mol. The number of rotatable bonds is 1. The molecular weight excluding hydrogens is 181 g/mol. The summed E-state index contributed by atoms with van der Waals surface area (Å²) in [7, 11) is 0. The molecule has 2 rings (SSSR count). The fourth-order valence-electron chi connectivity index (χ4n) is 1.73. The van der Waals surface area contributed by atoms with Gasteiger partial charge >= 0.3 is 0 Å². The van der Waals surface area contributed by atoms with Crippen molar-refractivity contribution in [3.63, 3.8) is 0 Å². The summed E-state index contributed by atoms with van der Waals surface area (Å²) in [5.74, 6) is 0.238. The third kappa shape index (κ3) is 1.85. The van der Waals surface area contributed by atoms with Gasteiger partial charge in [-0.3, -0.25) is 0 Å². The van der Waals surface area contributed by atoms with E-state index >= 15 is 0 Å². The van der Waals surface area contributed by atoms with E-state index in [2.05, 4.69) is 17.2 Å². The zero-order valence-corrected chi connectivity index (χ0v) is 8.20. The number of aromatic nitrogens is 1. The van der Waals surface area contributed by atoms with E-state index in [1.807, 2.05) is 4.90 Å². The Labute approximate surface area is 82.9 Å². The monoisotopic (exact) mass is 195 g/mol. The minimum atomic E-state index is -0.235. The Hall–Kier alpha value is -1.16. The molecule has 1 fully saturated rings. The van der Waals surface area contributed by atoms with Crippen LogP contribution in [0.1, 0.15) is 6.92 Å². The fraction of sp³-hybridized carbons (Fsp3) is 0.500. The molecule has 0 aliphatic carbocycles. The highest BCUT2D eigenvalue weighted by atomic mass is 19.1. The lowest BCUT2D eigenvalue weighted by molar-refractivity contribution is 0.475. The van der Waals surface area contributed by atoms with Gasteiger partial charge in [0.25, 0.3) is 0 Å². The van der Waals surface area contributed by atoms with Gasteiger partial charge in [0.1, 0.15) is 0 Å². The number of pyridine rings is 1. The molecule has 0 radical (unpaired) electrons. The molecule has 0 saturated carbocycles. The number of piperazine rings is 1. The zero-order valence-electron chi connectivity index (χ0n) is 8.20. The van der Waals surface area contributed by atoms with Crippen molar-refractivity contribution in [1.82, 2.24) is 10.3 Å². The summed E-state index contributed by atoms with van der Waals surface area (Å²) in [6, 6.07) is 3.46. The Morgan fingerprint density at radius 3 is 3.21 bits per heavy atom. The first-order valence-electron chi connectivity index (χ1n) is 4.86. The summed E-state index contributed by atoms with van der Waals surface area (Å²) in [4.78, 5) is 6.04. The van der Waals surface area contributed by atoms with Gasteiger partial charge in [0.15, 0.2) is 11.6 Å². The third-order valence-corrected chi connectivity index (χ3v) is 2.41. The second-order valence-electron chi connectivity index (χ2n) is 3.61. The topological polar surface area (TPSA) is 28.2 Å². The van der Waals surface area contributed by atoms with Crippen LogP contribution >= 0.6 is 0 Å². The van der Waals surface area contributed by atoms with E-state index in [1.165, 1.54) is 6.07 Å². The van der Waals surface area contributed by atoms with Crippen molar-refractivity contribution < 1.29 is 4.39 Å². The van der Waals surface area contributed by atoms with Gasteiger partial charge in [-0.2, -0.15) is 0 Å². The van der Waals surface area contributed by atoms with Gasteiger partial charge in [-0.1, -0.05) is 0 Å². The van der Waals surface area contributed by atoms with Gasteiger partial charge in [0, 0.05) is 31.9 Å². The molecule has 1 N–H and O–H groups in total. The van der Waals surface area contributed by atoms with Crippen LogP contribution in [0, 0.1) is 5.82 Å². The van der Waals surface area contributed by atoms with Gasteiger partial charge < -0.3 is 10.2 Å². The van der Waals surface area contributed by atoms with E-state index in [1.54, 1.807) is 12.3 Å². The normalized spacial score (nSPS) is 22.4. The van der Waals surface area contributed by atoms with Crippen LogP contribution in [-0.2, 0) is 0 Å². The highest BCUT2D eigenvalue weighted by Crippen LogP contribution is 2.16. The minimum Gasteiger partial charge on any atom is -0.351 e. The molecule has 0 spiro atoms. The number of hydrogen-bond acceptors (Lipinski definition) is 3. The first-order chi connectivity index (χ1) is 6.77. The predicted octanol–water partition coefficient (Wildman–Crippen LogP) is 1.02. The first kappa shape index (κ1) is 9.40. The molecule has 1 aliphatic rings. The van der Waals surface area contributed by atoms with Crippen molar-refractivity contribution >= 4 is 5.82 Å². The van der Waals surface area contributed by atoms with E-state index in [4.69, 9.17) is 0 Å². The van der Waals surface area contributed by atoms with Crippen LogP contribution in [0.5, 0.6) is 0 Å². The SMILES string of the molecule is C[C@H]1CN(c2ncccc2F)CCN1. The van der Waals surface area contributed by atoms with Crippen molar-refractivity contribution in [2.45, 2.75) is 13.0 Å². The molecule has 3 nitrogen and oxygen atoms in total. The van der Waals surface area contributed by atoms with E-state index in [9.17, 15) is 4.39 Å². The predicted molar refractivity (Wildman–Crippen MR) is 53.9 cm³/mol. The molecule has 4 heteroatoms. The molecule has 0 unspecified atom stereocenters. The fourth-order valence-corrected chi connectivity index (χ4v) is 1.73. The molecule has 0 amide bonds. The summed E-state index contributed by atoms with van der Waals surface area (Å²) in [6.07, 6.45) is 1.63. The molecule has 1 aromatic rings. The Morgan fingerprint density at radius 2 is 2.50 bits per heavy atom. The number of nitrogens with zero attached hydrogens (tertiary/aromatic N) is 2. The van der Waals surface area contributed by atoms with Gasteiger partial charge in [0.2, 0.25) is 0 Å². The summed E-state index contributed by atoms with van der Waals surface area (Å²) >= 11 is 0. The molecule has 0 aromatic carbocycles. The van der Waals surface area contributed by atoms with Crippen LogP contribution in [0.4, 0.5) is 10.2 Å². The van der Waals surface area contributed by atoms with Gasteiger partial charge in [-0.05, 0) is 19.1 Å². The van der Waals surface area contributed by atoms with E-state index in [0.29, 0.717) is 11.9 Å². The highest BCUT2D eigenvalue weighted by Gasteiger charge is 2.18. The average Bonchev–Trinajstić information content (AvgIpc) is 2.18. The standard InChI is InChI=1S/C10H14FN3/c1-8-7-14(6-5-12-8)10-9(11)3-2-4-13-10/h2-4,8,12H,5-7H2,1H3/t8-/m0/s1. The number of nitrogens with one attached hydrogen (secondary N) is 1. The van der Waals surface area contributed by atoms with Crippen LogP contribution in [0.3, 0.4) is 0 Å². The Balaban J connectivity index is 2.18. The largest absolute Gasteiger partial charge is 0.351 e. The number of hydrogen-bond donors (Lipinski definition) is 1. The molecule has 1 saturated heterocycles. The minimum absolute atomic E-state index is 0.235. The summed E-state index contributed by atoms with van der Waals surface area (Å²) in [5.41, 5.74) is 0. The lowest BCUT2D eigenvalue weighted by Crippen LogP contribution is -2.49. The number of halogens is 1. The maximum atomic E-state index is 13.4. The lowest BCUT2D eigenvalue weighted by Gasteiger charge is -2.32. The van der Waals surface area contributed by atoms with Crippen LogP contribution < -0.4 is 10.2 Å². The van der Waals surface area contributed by atoms with Crippen molar-refractivity contribution in [2.24, 2.45) is 0 Å². The zero-order chi connectivity index (χ0) is 9.97. The molecule has 0 bridgehead atoms. The Kier molecular flexibility index (Phi) is 2.63. The van der Waals surface area contributed by atoms with E-state index in [0.717, 1.165) is 19.6 Å². The van der Waals surface area contributed by atoms with E-state index < -0.39 is 0 Å². The Bertz CT molecular complexity index is 316.